The molecule has 0 aliphatic rings. The van der Waals surface area contributed by atoms with E-state index in [1.165, 1.54) is 21.5 Å². The zero-order valence-electron chi connectivity index (χ0n) is 16.6. The highest BCUT2D eigenvalue weighted by Gasteiger charge is 2.11. The summed E-state index contributed by atoms with van der Waals surface area (Å²) in [6, 6.07) is 17.1. The molecular weight excluding hydrogens is 364 g/mol. The van der Waals surface area contributed by atoms with E-state index in [1.54, 1.807) is 0 Å². The minimum Gasteiger partial charge on any atom is -0.295 e. The molecule has 0 aliphatic carbocycles. The number of terminal acetylenes is 2. The van der Waals surface area contributed by atoms with Crippen molar-refractivity contribution in [3.05, 3.63) is 59.7 Å². The maximum absolute atomic E-state index is 5.26. The van der Waals surface area contributed by atoms with Gasteiger partial charge in [-0.15, -0.1) is 12.8 Å². The van der Waals surface area contributed by atoms with Gasteiger partial charge in [0.1, 0.15) is 0 Å². The lowest BCUT2D eigenvalue weighted by atomic mass is 9.90. The van der Waals surface area contributed by atoms with Gasteiger partial charge in [-0.1, -0.05) is 71.9 Å². The Morgan fingerprint density at radius 2 is 1.00 bits per heavy atom. The zero-order chi connectivity index (χ0) is 20.8. The quantitative estimate of drug-likeness (QED) is 0.318. The summed E-state index contributed by atoms with van der Waals surface area (Å²) >= 11 is 0. The van der Waals surface area contributed by atoms with Crippen LogP contribution in [0.1, 0.15) is 11.1 Å². The second kappa shape index (κ2) is 9.05. The molecule has 0 spiro atoms. The SMILES string of the molecule is C#CCNCC#Cc1ccc2ccc3c(C#CCNCC#C)ccc4ccc1c2c43. The van der Waals surface area contributed by atoms with Crippen molar-refractivity contribution < 1.29 is 0 Å². The van der Waals surface area contributed by atoms with Gasteiger partial charge in [0.2, 0.25) is 0 Å². The molecule has 0 heterocycles. The van der Waals surface area contributed by atoms with Crippen LogP contribution in [0.15, 0.2) is 48.5 Å². The van der Waals surface area contributed by atoms with E-state index in [9.17, 15) is 0 Å². The largest absolute Gasteiger partial charge is 0.295 e. The summed E-state index contributed by atoms with van der Waals surface area (Å²) < 4.78 is 0. The second-order valence-electron chi connectivity index (χ2n) is 6.87. The lowest BCUT2D eigenvalue weighted by Crippen LogP contribution is -2.13. The molecule has 4 rings (SSSR count). The fourth-order valence-corrected chi connectivity index (χ4v) is 3.69. The zero-order valence-corrected chi connectivity index (χ0v) is 16.6. The second-order valence-corrected chi connectivity index (χ2v) is 6.87. The first kappa shape index (κ1) is 19.4. The van der Waals surface area contributed by atoms with Gasteiger partial charge in [0.15, 0.2) is 0 Å². The summed E-state index contributed by atoms with van der Waals surface area (Å²) in [7, 11) is 0. The molecule has 142 valence electrons. The molecule has 0 bridgehead atoms. The van der Waals surface area contributed by atoms with Crippen LogP contribution in [-0.2, 0) is 0 Å². The first-order chi connectivity index (χ1) is 14.8. The lowest BCUT2D eigenvalue weighted by Gasteiger charge is -2.13. The predicted octanol–water partition coefficient (Wildman–Crippen LogP) is 3.73. The van der Waals surface area contributed by atoms with Crippen LogP contribution in [0.5, 0.6) is 0 Å². The minimum absolute atomic E-state index is 0.523. The monoisotopic (exact) mass is 384 g/mol. The van der Waals surface area contributed by atoms with E-state index in [-0.39, 0.29) is 0 Å². The van der Waals surface area contributed by atoms with Gasteiger partial charge in [-0.05, 0) is 44.5 Å². The van der Waals surface area contributed by atoms with Gasteiger partial charge in [0.05, 0.1) is 26.2 Å². The lowest BCUT2D eigenvalue weighted by molar-refractivity contribution is 0.872. The van der Waals surface area contributed by atoms with E-state index in [0.29, 0.717) is 26.2 Å². The average Bonchev–Trinajstić information content (AvgIpc) is 2.78. The highest BCUT2D eigenvalue weighted by Crippen LogP contribution is 2.37. The van der Waals surface area contributed by atoms with Crippen molar-refractivity contribution in [1.29, 1.82) is 0 Å². The molecule has 0 aromatic heterocycles. The molecule has 0 unspecified atom stereocenters. The summed E-state index contributed by atoms with van der Waals surface area (Å²) in [5.41, 5.74) is 2.05. The predicted molar refractivity (Wildman–Crippen MR) is 127 cm³/mol. The number of rotatable bonds is 4. The average molecular weight is 384 g/mol. The third-order valence-corrected chi connectivity index (χ3v) is 4.99. The molecule has 0 fully saturated rings. The van der Waals surface area contributed by atoms with Crippen molar-refractivity contribution in [2.24, 2.45) is 0 Å². The van der Waals surface area contributed by atoms with Crippen molar-refractivity contribution >= 4 is 32.3 Å². The van der Waals surface area contributed by atoms with Crippen LogP contribution >= 0.6 is 0 Å². The maximum atomic E-state index is 5.26. The molecule has 4 aromatic carbocycles. The number of hydrogen-bond donors (Lipinski definition) is 2. The molecule has 4 aromatic rings. The summed E-state index contributed by atoms with van der Waals surface area (Å²) in [4.78, 5) is 0. The van der Waals surface area contributed by atoms with Crippen LogP contribution in [-0.4, -0.2) is 26.2 Å². The van der Waals surface area contributed by atoms with Gasteiger partial charge in [-0.25, -0.2) is 0 Å². The first-order valence-corrected chi connectivity index (χ1v) is 9.80. The topological polar surface area (TPSA) is 24.1 Å². The Morgan fingerprint density at radius 1 is 0.567 bits per heavy atom. The molecule has 2 N–H and O–H groups in total. The Bertz CT molecular complexity index is 1310. The number of hydrogen-bond acceptors (Lipinski definition) is 2. The van der Waals surface area contributed by atoms with Gasteiger partial charge in [0, 0.05) is 11.1 Å². The fourth-order valence-electron chi connectivity index (χ4n) is 3.69. The van der Waals surface area contributed by atoms with Crippen molar-refractivity contribution in [3.63, 3.8) is 0 Å². The van der Waals surface area contributed by atoms with E-state index in [2.05, 4.69) is 94.7 Å². The smallest absolute Gasteiger partial charge is 0.0587 e. The number of benzene rings is 4. The van der Waals surface area contributed by atoms with Crippen LogP contribution in [0.2, 0.25) is 0 Å². The van der Waals surface area contributed by atoms with E-state index in [4.69, 9.17) is 12.8 Å². The molecule has 0 saturated heterocycles. The van der Waals surface area contributed by atoms with Crippen LogP contribution < -0.4 is 10.6 Å². The Morgan fingerprint density at radius 3 is 1.43 bits per heavy atom. The molecule has 30 heavy (non-hydrogen) atoms. The van der Waals surface area contributed by atoms with Gasteiger partial charge >= 0.3 is 0 Å². The Hall–Kier alpha value is -3.92. The summed E-state index contributed by atoms with van der Waals surface area (Å²) in [5.74, 6) is 18.0. The van der Waals surface area contributed by atoms with E-state index in [1.807, 2.05) is 0 Å². The van der Waals surface area contributed by atoms with Crippen molar-refractivity contribution in [2.75, 3.05) is 26.2 Å². The summed E-state index contributed by atoms with van der Waals surface area (Å²) in [6.07, 6.45) is 10.5. The van der Waals surface area contributed by atoms with E-state index >= 15 is 0 Å². The highest BCUT2D eigenvalue weighted by molar-refractivity contribution is 6.24. The molecule has 0 aliphatic heterocycles. The number of nitrogens with one attached hydrogen (secondary N) is 2. The first-order valence-electron chi connectivity index (χ1n) is 9.80. The maximum Gasteiger partial charge on any atom is 0.0587 e. The highest BCUT2D eigenvalue weighted by atomic mass is 14.8. The molecule has 0 amide bonds. The molecule has 2 nitrogen and oxygen atoms in total. The third kappa shape index (κ3) is 3.80. The molecule has 0 saturated carbocycles. The Labute approximate surface area is 177 Å². The normalized spacial score (nSPS) is 10.2. The Balaban J connectivity index is 1.81. The van der Waals surface area contributed by atoms with Crippen LogP contribution in [0.25, 0.3) is 32.3 Å². The molecular formula is C28H20N2. The van der Waals surface area contributed by atoms with Crippen LogP contribution in [0.3, 0.4) is 0 Å². The standard InChI is InChI=1S/C28H20N2/c1-3-17-29-19-5-7-21-9-11-23-14-16-26-22(8-6-20-30-18-4-2)10-12-24-13-15-25(21)27(23)28(24)26/h1-2,9-16,29-30H,17-20H2. The van der Waals surface area contributed by atoms with Gasteiger partial charge in [0.25, 0.3) is 0 Å². The summed E-state index contributed by atoms with van der Waals surface area (Å²) in [5, 5.41) is 13.4. The van der Waals surface area contributed by atoms with E-state index < -0.39 is 0 Å². The van der Waals surface area contributed by atoms with Crippen molar-refractivity contribution in [3.8, 4) is 48.4 Å². The van der Waals surface area contributed by atoms with Gasteiger partial charge < -0.3 is 0 Å². The third-order valence-electron chi connectivity index (χ3n) is 4.99. The molecule has 0 atom stereocenters. The van der Waals surface area contributed by atoms with E-state index in [0.717, 1.165) is 21.9 Å². The van der Waals surface area contributed by atoms with Crippen molar-refractivity contribution in [1.82, 2.24) is 10.6 Å². The molecule has 2 heteroatoms. The van der Waals surface area contributed by atoms with Crippen molar-refractivity contribution in [2.45, 2.75) is 0 Å². The fraction of sp³-hybridized carbons (Fsp3) is 0.143. The minimum atomic E-state index is 0.523. The molecule has 0 radical (unpaired) electrons. The summed E-state index contributed by atoms with van der Waals surface area (Å²) in [6.45, 7) is 2.18. The van der Waals surface area contributed by atoms with Crippen LogP contribution in [0, 0.1) is 48.4 Å². The van der Waals surface area contributed by atoms with Gasteiger partial charge in [-0.2, -0.15) is 0 Å². The van der Waals surface area contributed by atoms with Crippen LogP contribution in [0.4, 0.5) is 0 Å². The Kier molecular flexibility index (Phi) is 5.85. The van der Waals surface area contributed by atoms with Gasteiger partial charge in [-0.3, -0.25) is 10.6 Å².